The minimum atomic E-state index is 0.0975. The summed E-state index contributed by atoms with van der Waals surface area (Å²) in [5.74, 6) is 0.0975. The average Bonchev–Trinajstić information content (AvgIpc) is 2.95. The van der Waals surface area contributed by atoms with Gasteiger partial charge in [0.1, 0.15) is 0 Å². The summed E-state index contributed by atoms with van der Waals surface area (Å²) < 4.78 is 0. The molecule has 122 valence electrons. The molecular weight excluding hydrogens is 292 g/mol. The first kappa shape index (κ1) is 17.4. The predicted octanol–water partition coefficient (Wildman–Crippen LogP) is 3.84. The van der Waals surface area contributed by atoms with Gasteiger partial charge in [0.15, 0.2) is 0 Å². The molecule has 2 rings (SSSR count). The molecule has 1 aliphatic rings. The Morgan fingerprint density at radius 3 is 2.82 bits per heavy atom. The van der Waals surface area contributed by atoms with Gasteiger partial charge in [-0.25, -0.2) is 0 Å². The van der Waals surface area contributed by atoms with E-state index in [4.69, 9.17) is 0 Å². The van der Waals surface area contributed by atoms with Gasteiger partial charge in [0.05, 0.1) is 0 Å². The van der Waals surface area contributed by atoms with E-state index in [9.17, 15) is 4.79 Å². The van der Waals surface area contributed by atoms with Crippen molar-refractivity contribution in [3.05, 3.63) is 29.8 Å². The molecule has 0 aromatic heterocycles. The Morgan fingerprint density at radius 2 is 2.14 bits per heavy atom. The average molecular weight is 321 g/mol. The lowest BCUT2D eigenvalue weighted by atomic mass is 10.1. The molecule has 3 nitrogen and oxygen atoms in total. The molecule has 0 unspecified atom stereocenters. The van der Waals surface area contributed by atoms with E-state index in [1.165, 1.54) is 24.8 Å². The summed E-state index contributed by atoms with van der Waals surface area (Å²) >= 11 is 1.96. The maximum absolute atomic E-state index is 12.2. The number of anilines is 1. The van der Waals surface area contributed by atoms with Gasteiger partial charge in [-0.2, -0.15) is 11.8 Å². The topological polar surface area (TPSA) is 41.1 Å². The van der Waals surface area contributed by atoms with Crippen LogP contribution >= 0.6 is 11.8 Å². The zero-order chi connectivity index (χ0) is 15.9. The van der Waals surface area contributed by atoms with Crippen LogP contribution in [0.4, 0.5) is 5.69 Å². The van der Waals surface area contributed by atoms with Crippen molar-refractivity contribution < 1.29 is 4.79 Å². The second-order valence-electron chi connectivity index (χ2n) is 6.20. The fraction of sp³-hybridized carbons (Fsp3) is 0.611. The number of thioether (sulfide) groups is 1. The molecule has 1 aromatic carbocycles. The molecule has 1 saturated carbocycles. The molecule has 1 aliphatic carbocycles. The molecule has 3 atom stereocenters. The van der Waals surface area contributed by atoms with E-state index in [1.807, 2.05) is 30.0 Å². The first-order valence-electron chi connectivity index (χ1n) is 8.29. The minimum absolute atomic E-state index is 0.0975. The van der Waals surface area contributed by atoms with Gasteiger partial charge in [0.2, 0.25) is 5.91 Å². The lowest BCUT2D eigenvalue weighted by molar-refractivity contribution is -0.116. The van der Waals surface area contributed by atoms with Crippen LogP contribution in [-0.4, -0.2) is 29.5 Å². The maximum atomic E-state index is 12.2. The molecule has 0 aliphatic heterocycles. The van der Waals surface area contributed by atoms with Gasteiger partial charge in [0, 0.05) is 29.4 Å². The second-order valence-corrected chi connectivity index (χ2v) is 7.34. The summed E-state index contributed by atoms with van der Waals surface area (Å²) in [4.78, 5) is 12.2. The molecule has 1 fully saturated rings. The lowest BCUT2D eigenvalue weighted by Gasteiger charge is -2.19. The number of rotatable bonds is 7. The monoisotopic (exact) mass is 320 g/mol. The standard InChI is InChI=1S/C18H28N2OS/c1-4-14-7-5-6-8-17(14)20-18(21)11-13(2)19-15-9-10-16(12-15)22-3/h5-8,13,15-16,19H,4,9-12H2,1-3H3,(H,20,21)/t13-,15-,16+/m0/s1. The van der Waals surface area contributed by atoms with Crippen LogP contribution in [0.1, 0.15) is 45.1 Å². The summed E-state index contributed by atoms with van der Waals surface area (Å²) in [6.45, 7) is 4.22. The second kappa shape index (κ2) is 8.59. The van der Waals surface area contributed by atoms with E-state index < -0.39 is 0 Å². The maximum Gasteiger partial charge on any atom is 0.225 e. The van der Waals surface area contributed by atoms with Crippen LogP contribution < -0.4 is 10.6 Å². The summed E-state index contributed by atoms with van der Waals surface area (Å²) in [5, 5.41) is 7.46. The number of amides is 1. The molecule has 1 amide bonds. The molecule has 0 bridgehead atoms. The molecule has 4 heteroatoms. The summed E-state index contributed by atoms with van der Waals surface area (Å²) in [6, 6.07) is 8.83. The van der Waals surface area contributed by atoms with Gasteiger partial charge < -0.3 is 10.6 Å². The van der Waals surface area contributed by atoms with Gasteiger partial charge in [-0.15, -0.1) is 0 Å². The molecule has 0 heterocycles. The smallest absolute Gasteiger partial charge is 0.225 e. The fourth-order valence-electron chi connectivity index (χ4n) is 3.20. The molecule has 2 N–H and O–H groups in total. The van der Waals surface area contributed by atoms with Crippen LogP contribution in [0.25, 0.3) is 0 Å². The van der Waals surface area contributed by atoms with Gasteiger partial charge in [0.25, 0.3) is 0 Å². The van der Waals surface area contributed by atoms with Crippen molar-refractivity contribution >= 4 is 23.4 Å². The number of para-hydroxylation sites is 1. The van der Waals surface area contributed by atoms with Crippen LogP contribution in [0.3, 0.4) is 0 Å². The Hall–Kier alpha value is -1.000. The fourth-order valence-corrected chi connectivity index (χ4v) is 3.99. The van der Waals surface area contributed by atoms with Crippen molar-refractivity contribution in [3.63, 3.8) is 0 Å². The zero-order valence-corrected chi connectivity index (χ0v) is 14.7. The molecule has 1 aromatic rings. The third-order valence-electron chi connectivity index (χ3n) is 4.40. The van der Waals surface area contributed by atoms with Gasteiger partial charge in [-0.3, -0.25) is 4.79 Å². The molecular formula is C18H28N2OS. The number of aryl methyl sites for hydroxylation is 1. The molecule has 0 saturated heterocycles. The van der Waals surface area contributed by atoms with Crippen LogP contribution in [0, 0.1) is 0 Å². The van der Waals surface area contributed by atoms with E-state index in [-0.39, 0.29) is 11.9 Å². The SMILES string of the molecule is CCc1ccccc1NC(=O)C[C@H](C)N[C@H]1CC[C@@H](SC)C1. The Morgan fingerprint density at radius 1 is 1.36 bits per heavy atom. The number of hydrogen-bond acceptors (Lipinski definition) is 3. The minimum Gasteiger partial charge on any atom is -0.326 e. The highest BCUT2D eigenvalue weighted by Crippen LogP contribution is 2.28. The van der Waals surface area contributed by atoms with E-state index in [0.29, 0.717) is 12.5 Å². The summed E-state index contributed by atoms with van der Waals surface area (Å²) in [6.07, 6.45) is 7.40. The lowest BCUT2D eigenvalue weighted by Crippen LogP contribution is -2.37. The number of nitrogens with one attached hydrogen (secondary N) is 2. The Bertz CT molecular complexity index is 492. The highest BCUT2D eigenvalue weighted by atomic mass is 32.2. The molecule has 22 heavy (non-hydrogen) atoms. The third kappa shape index (κ3) is 5.03. The third-order valence-corrected chi connectivity index (χ3v) is 5.50. The van der Waals surface area contributed by atoms with E-state index >= 15 is 0 Å². The van der Waals surface area contributed by atoms with Crippen LogP contribution in [-0.2, 0) is 11.2 Å². The zero-order valence-electron chi connectivity index (χ0n) is 13.9. The quantitative estimate of drug-likeness (QED) is 0.802. The number of benzene rings is 1. The van der Waals surface area contributed by atoms with E-state index in [1.54, 1.807) is 0 Å². The first-order chi connectivity index (χ1) is 10.6. The van der Waals surface area contributed by atoms with Gasteiger partial charge in [-0.1, -0.05) is 25.1 Å². The van der Waals surface area contributed by atoms with Crippen molar-refractivity contribution in [1.82, 2.24) is 5.32 Å². The number of hydrogen-bond donors (Lipinski definition) is 2. The molecule has 0 radical (unpaired) electrons. The number of carbonyl (C=O) groups is 1. The summed E-state index contributed by atoms with van der Waals surface area (Å²) in [5.41, 5.74) is 2.14. The van der Waals surface area contributed by atoms with Crippen LogP contribution in [0.15, 0.2) is 24.3 Å². The van der Waals surface area contributed by atoms with Gasteiger partial charge in [-0.05, 0) is 50.5 Å². The Kier molecular flexibility index (Phi) is 6.77. The van der Waals surface area contributed by atoms with E-state index in [2.05, 4.69) is 36.8 Å². The van der Waals surface area contributed by atoms with Crippen molar-refractivity contribution in [2.45, 2.75) is 63.3 Å². The van der Waals surface area contributed by atoms with Crippen LogP contribution in [0.2, 0.25) is 0 Å². The normalized spacial score (nSPS) is 22.5. The van der Waals surface area contributed by atoms with Gasteiger partial charge >= 0.3 is 0 Å². The van der Waals surface area contributed by atoms with Crippen molar-refractivity contribution in [2.24, 2.45) is 0 Å². The molecule has 0 spiro atoms. The highest BCUT2D eigenvalue weighted by Gasteiger charge is 2.25. The van der Waals surface area contributed by atoms with E-state index in [0.717, 1.165) is 17.4 Å². The van der Waals surface area contributed by atoms with Crippen LogP contribution in [0.5, 0.6) is 0 Å². The van der Waals surface area contributed by atoms with Crippen molar-refractivity contribution in [3.8, 4) is 0 Å². The summed E-state index contributed by atoms with van der Waals surface area (Å²) in [7, 11) is 0. The number of carbonyl (C=O) groups excluding carboxylic acids is 1. The first-order valence-corrected chi connectivity index (χ1v) is 9.57. The van der Waals surface area contributed by atoms with Crippen molar-refractivity contribution in [2.75, 3.05) is 11.6 Å². The predicted molar refractivity (Wildman–Crippen MR) is 96.6 cm³/mol. The Labute approximate surface area is 138 Å². The highest BCUT2D eigenvalue weighted by molar-refractivity contribution is 7.99. The Balaban J connectivity index is 1.79. The van der Waals surface area contributed by atoms with Crippen molar-refractivity contribution in [1.29, 1.82) is 0 Å². The largest absolute Gasteiger partial charge is 0.326 e.